The van der Waals surface area contributed by atoms with E-state index in [1.807, 2.05) is 0 Å². The van der Waals surface area contributed by atoms with Gasteiger partial charge in [-0.25, -0.2) is 0 Å². The third-order valence-electron chi connectivity index (χ3n) is 0. The summed E-state index contributed by atoms with van der Waals surface area (Å²) in [6.45, 7) is 14.2. The summed E-state index contributed by atoms with van der Waals surface area (Å²) < 4.78 is 0. The Hall–Kier alpha value is -0.426. The van der Waals surface area contributed by atoms with Crippen molar-refractivity contribution in [1.82, 2.24) is 0 Å². The zero-order chi connectivity index (χ0) is 6.00. The van der Waals surface area contributed by atoms with Gasteiger partial charge in [0, 0.05) is 0 Å². The van der Waals surface area contributed by atoms with E-state index in [0.29, 0.717) is 0 Å². The van der Waals surface area contributed by atoms with E-state index in [0.717, 1.165) is 0 Å². The molecule has 0 aliphatic carbocycles. The van der Waals surface area contributed by atoms with E-state index in [1.54, 1.807) is 0 Å². The van der Waals surface area contributed by atoms with Crippen LogP contribution in [0.25, 0.3) is 0 Å². The van der Waals surface area contributed by atoms with E-state index in [2.05, 4.69) is 0 Å². The fourth-order valence-corrected chi connectivity index (χ4v) is 0. The molecule has 0 saturated heterocycles. The first-order chi connectivity index (χ1) is 3.00. The van der Waals surface area contributed by atoms with Gasteiger partial charge in [0.1, 0.15) is 0 Å². The largest absolute Gasteiger partial charge is 2.00 e. The summed E-state index contributed by atoms with van der Waals surface area (Å²) in [6.07, 6.45) is 0. The molecule has 0 saturated carbocycles. The zero-order valence-corrected chi connectivity index (χ0v) is 5.22. The Morgan fingerprint density at radius 2 is 0.625 bits per heavy atom. The summed E-state index contributed by atoms with van der Waals surface area (Å²) in [6, 6.07) is 0. The van der Waals surface area contributed by atoms with Crippen LogP contribution in [0.2, 0.25) is 0 Å². The monoisotopic (exact) mass is 144 g/mol. The molecule has 5 heteroatoms. The summed E-state index contributed by atoms with van der Waals surface area (Å²) in [5, 5.41) is 18.8. The molecule has 0 unspecified atom stereocenters. The maximum absolute atomic E-state index is 6.25. The van der Waals surface area contributed by atoms with Crippen LogP contribution < -0.4 is 18.9 Å². The van der Waals surface area contributed by atoms with Crippen molar-refractivity contribution in [3.8, 4) is 0 Å². The van der Waals surface area contributed by atoms with Crippen molar-refractivity contribution in [3.63, 3.8) is 0 Å². The Bertz CT molecular complexity index is 43.0. The Morgan fingerprint density at radius 1 is 0.625 bits per heavy atom. The van der Waals surface area contributed by atoms with E-state index in [-0.39, 0.29) is 35.6 Å². The third-order valence-corrected chi connectivity index (χ3v) is 0. The minimum atomic E-state index is 0. The van der Waals surface area contributed by atoms with Gasteiger partial charge in [-0.05, 0) is 0 Å². The van der Waals surface area contributed by atoms with Crippen molar-refractivity contribution in [1.29, 1.82) is 15.8 Å². The summed E-state index contributed by atoms with van der Waals surface area (Å²) in [7, 11) is 0. The molecule has 0 amide bonds. The summed E-state index contributed by atoms with van der Waals surface area (Å²) >= 11 is 0. The molecule has 0 aromatic carbocycles. The minimum absolute atomic E-state index is 0. The van der Waals surface area contributed by atoms with Gasteiger partial charge < -0.3 is 35.5 Å². The number of hydrogen-bond acceptors (Lipinski definition) is 3. The second-order valence-electron chi connectivity index (χ2n) is 0. The minimum Gasteiger partial charge on any atom is -0.512 e. The van der Waals surface area contributed by atoms with Gasteiger partial charge in [0.15, 0.2) is 0 Å². The van der Waals surface area contributed by atoms with Crippen molar-refractivity contribution >= 4 is 0 Å². The molecule has 0 aromatic heterocycles. The molecule has 0 fully saturated rings. The smallest absolute Gasteiger partial charge is 0.512 e. The SMILES string of the molecule is [C-]#N.[C-]#N.[C-]#N.[Co+2].[Li+]. The average Bonchev–Trinajstić information content (AvgIpc) is 1.81. The molecule has 8 heavy (non-hydrogen) atoms. The number of hydrogen-bond donors (Lipinski definition) is 0. The van der Waals surface area contributed by atoms with Crippen LogP contribution in [0.4, 0.5) is 0 Å². The molecule has 0 rings (SSSR count). The van der Waals surface area contributed by atoms with Gasteiger partial charge in [0.05, 0.1) is 0 Å². The van der Waals surface area contributed by atoms with Gasteiger partial charge in [-0.2, -0.15) is 0 Å². The number of nitrogens with zero attached hydrogens (tertiary/aromatic N) is 3. The summed E-state index contributed by atoms with van der Waals surface area (Å²) in [4.78, 5) is 0. The normalized spacial score (nSPS) is 0.750. The first-order valence-electron chi connectivity index (χ1n) is 0.671. The first-order valence-corrected chi connectivity index (χ1v) is 0.671. The molecule has 0 aliphatic rings. The molecule has 0 N–H and O–H groups in total. The topological polar surface area (TPSA) is 71.4 Å². The predicted octanol–water partition coefficient (Wildman–Crippen LogP) is -2.71. The molecule has 0 bridgehead atoms. The van der Waals surface area contributed by atoms with Crippen molar-refractivity contribution < 1.29 is 35.6 Å². The van der Waals surface area contributed by atoms with E-state index in [1.165, 1.54) is 0 Å². The van der Waals surface area contributed by atoms with E-state index in [4.69, 9.17) is 35.5 Å². The fraction of sp³-hybridized carbons (Fsp3) is 0. The molecular formula is C3CoLiN3. The molecule has 0 aliphatic heterocycles. The van der Waals surface area contributed by atoms with Crippen LogP contribution in [0, 0.1) is 35.5 Å². The fourth-order valence-electron chi connectivity index (χ4n) is 0. The molecule has 3 nitrogen and oxygen atoms in total. The van der Waals surface area contributed by atoms with Crippen LogP contribution in [0.15, 0.2) is 0 Å². The second-order valence-corrected chi connectivity index (χ2v) is 0. The molecule has 0 heterocycles. The van der Waals surface area contributed by atoms with Crippen LogP contribution in [-0.2, 0) is 16.8 Å². The van der Waals surface area contributed by atoms with Gasteiger partial charge in [-0.15, -0.1) is 0 Å². The quantitative estimate of drug-likeness (QED) is 0.274. The Morgan fingerprint density at radius 3 is 0.625 bits per heavy atom. The van der Waals surface area contributed by atoms with E-state index >= 15 is 0 Å². The summed E-state index contributed by atoms with van der Waals surface area (Å²) in [5.41, 5.74) is 0. The predicted molar refractivity (Wildman–Crippen MR) is 14.9 cm³/mol. The second kappa shape index (κ2) is 1120. The maximum Gasteiger partial charge on any atom is 2.00 e. The standard InChI is InChI=1S/3CN.Co.Li/c3*1-2;;/q3*-1;+2;+1. The van der Waals surface area contributed by atoms with Crippen LogP contribution >= 0.6 is 0 Å². The van der Waals surface area contributed by atoms with Gasteiger partial charge >= 0.3 is 35.6 Å². The molecule has 37 valence electrons. The molecule has 0 aromatic rings. The van der Waals surface area contributed by atoms with Crippen LogP contribution in [-0.4, -0.2) is 0 Å². The van der Waals surface area contributed by atoms with E-state index in [9.17, 15) is 0 Å². The van der Waals surface area contributed by atoms with Crippen LogP contribution in [0.1, 0.15) is 0 Å². The molecule has 0 atom stereocenters. The average molecular weight is 144 g/mol. The van der Waals surface area contributed by atoms with Crippen LogP contribution in [0.3, 0.4) is 0 Å². The van der Waals surface area contributed by atoms with Gasteiger partial charge in [-0.1, -0.05) is 0 Å². The van der Waals surface area contributed by atoms with Crippen molar-refractivity contribution in [2.24, 2.45) is 0 Å². The summed E-state index contributed by atoms with van der Waals surface area (Å²) in [5.74, 6) is 0. The number of rotatable bonds is 0. The van der Waals surface area contributed by atoms with Gasteiger partial charge in [0.25, 0.3) is 0 Å². The van der Waals surface area contributed by atoms with E-state index < -0.39 is 0 Å². The van der Waals surface area contributed by atoms with Crippen molar-refractivity contribution in [3.05, 3.63) is 19.7 Å². The third kappa shape index (κ3) is 642. The zero-order valence-electron chi connectivity index (χ0n) is 4.17. The van der Waals surface area contributed by atoms with Crippen molar-refractivity contribution in [2.45, 2.75) is 0 Å². The molecule has 1 radical (unpaired) electrons. The van der Waals surface area contributed by atoms with Gasteiger partial charge in [-0.3, -0.25) is 0 Å². The first kappa shape index (κ1) is 49.4. The Labute approximate surface area is 71.3 Å². The molecule has 0 spiro atoms. The van der Waals surface area contributed by atoms with Crippen molar-refractivity contribution in [2.75, 3.05) is 0 Å². The Balaban J connectivity index is -0.00000000500. The molecular weight excluding hydrogens is 144 g/mol. The van der Waals surface area contributed by atoms with Gasteiger partial charge in [0.2, 0.25) is 0 Å². The van der Waals surface area contributed by atoms with Crippen LogP contribution in [0.5, 0.6) is 0 Å². The maximum atomic E-state index is 6.25. The Kier molecular flexibility index (Phi) is 6950.